The Morgan fingerprint density at radius 1 is 1.35 bits per heavy atom. The van der Waals surface area contributed by atoms with Gasteiger partial charge in [0.2, 0.25) is 5.91 Å². The smallest absolute Gasteiger partial charge is 0.345 e. The maximum Gasteiger partial charge on any atom is 0.416 e. The summed E-state index contributed by atoms with van der Waals surface area (Å²) in [6, 6.07) is 5.22. The van der Waals surface area contributed by atoms with E-state index in [1.54, 1.807) is 18.0 Å². The molecule has 0 radical (unpaired) electrons. The van der Waals surface area contributed by atoms with Crippen molar-refractivity contribution in [3.8, 4) is 0 Å². The number of hydrogen-bond donors (Lipinski definition) is 0. The van der Waals surface area contributed by atoms with Gasteiger partial charge in [0.25, 0.3) is 0 Å². The molecule has 5 heteroatoms. The van der Waals surface area contributed by atoms with Gasteiger partial charge >= 0.3 is 6.18 Å². The summed E-state index contributed by atoms with van der Waals surface area (Å²) in [5.41, 5.74) is -0.0745. The number of benzene rings is 1. The molecule has 0 saturated carbocycles. The van der Waals surface area contributed by atoms with Crippen molar-refractivity contribution in [3.05, 3.63) is 35.4 Å². The number of hydrogen-bond acceptors (Lipinski definition) is 1. The Hall–Kier alpha value is -1.52. The number of carbonyl (C=O) groups excluding carboxylic acids is 1. The molecule has 1 aliphatic heterocycles. The third kappa shape index (κ3) is 2.43. The fourth-order valence-electron chi connectivity index (χ4n) is 2.06. The van der Waals surface area contributed by atoms with Gasteiger partial charge in [-0.15, -0.1) is 0 Å². The first kappa shape index (κ1) is 12.0. The van der Waals surface area contributed by atoms with Gasteiger partial charge in [0.15, 0.2) is 0 Å². The molecule has 92 valence electrons. The summed E-state index contributed by atoms with van der Waals surface area (Å²) in [5, 5.41) is 0. The molecular formula is C12H12F3NO. The minimum absolute atomic E-state index is 0.0209. The van der Waals surface area contributed by atoms with Crippen molar-refractivity contribution in [1.82, 2.24) is 4.90 Å². The first-order valence-electron chi connectivity index (χ1n) is 5.29. The van der Waals surface area contributed by atoms with Crippen LogP contribution in [0.4, 0.5) is 13.2 Å². The Bertz CT molecular complexity index is 442. The summed E-state index contributed by atoms with van der Waals surface area (Å²) in [4.78, 5) is 12.9. The van der Waals surface area contributed by atoms with E-state index in [0.29, 0.717) is 12.1 Å². The molecule has 0 unspecified atom stereocenters. The zero-order valence-electron chi connectivity index (χ0n) is 9.29. The highest BCUT2D eigenvalue weighted by Gasteiger charge is 2.33. The Balaban J connectivity index is 2.26. The van der Waals surface area contributed by atoms with Crippen molar-refractivity contribution >= 4 is 5.91 Å². The van der Waals surface area contributed by atoms with Crippen LogP contribution in [0, 0.1) is 0 Å². The SMILES string of the molecule is CN1C[C@H](c2cccc(C(F)(F)F)c2)CC1=O. The van der Waals surface area contributed by atoms with E-state index in [9.17, 15) is 18.0 Å². The lowest BCUT2D eigenvalue weighted by Crippen LogP contribution is -2.18. The minimum atomic E-state index is -4.33. The molecule has 1 aromatic rings. The lowest BCUT2D eigenvalue weighted by Gasteiger charge is -2.13. The van der Waals surface area contributed by atoms with Gasteiger partial charge in [-0.3, -0.25) is 4.79 Å². The molecule has 1 atom stereocenters. The van der Waals surface area contributed by atoms with Crippen LogP contribution in [-0.2, 0) is 11.0 Å². The summed E-state index contributed by atoms with van der Waals surface area (Å²) in [7, 11) is 1.66. The lowest BCUT2D eigenvalue weighted by molar-refractivity contribution is -0.137. The zero-order valence-corrected chi connectivity index (χ0v) is 9.29. The van der Waals surface area contributed by atoms with Gasteiger partial charge in [-0.2, -0.15) is 13.2 Å². The van der Waals surface area contributed by atoms with Gasteiger partial charge in [0.1, 0.15) is 0 Å². The molecule has 1 fully saturated rings. The molecular weight excluding hydrogens is 231 g/mol. The number of likely N-dealkylation sites (tertiary alicyclic amines) is 1. The average Bonchev–Trinajstić information content (AvgIpc) is 2.58. The van der Waals surface area contributed by atoms with Crippen LogP contribution in [0.5, 0.6) is 0 Å². The summed E-state index contributed by atoms with van der Waals surface area (Å²) < 4.78 is 37.6. The van der Waals surface area contributed by atoms with Crippen LogP contribution >= 0.6 is 0 Å². The van der Waals surface area contributed by atoms with Crippen LogP contribution in [0.3, 0.4) is 0 Å². The third-order valence-electron chi connectivity index (χ3n) is 3.03. The monoisotopic (exact) mass is 243 g/mol. The van der Waals surface area contributed by atoms with E-state index < -0.39 is 11.7 Å². The van der Waals surface area contributed by atoms with Gasteiger partial charge in [0, 0.05) is 25.9 Å². The largest absolute Gasteiger partial charge is 0.416 e. The van der Waals surface area contributed by atoms with E-state index >= 15 is 0 Å². The van der Waals surface area contributed by atoms with E-state index in [-0.39, 0.29) is 18.2 Å². The number of rotatable bonds is 1. The number of likely N-dealkylation sites (N-methyl/N-ethyl adjacent to an activating group) is 1. The first-order chi connectivity index (χ1) is 7.88. The van der Waals surface area contributed by atoms with Gasteiger partial charge in [-0.1, -0.05) is 18.2 Å². The molecule has 2 rings (SSSR count). The Morgan fingerprint density at radius 3 is 2.59 bits per heavy atom. The molecule has 1 saturated heterocycles. The lowest BCUT2D eigenvalue weighted by atomic mass is 9.96. The Kier molecular flexibility index (Phi) is 2.85. The number of halogens is 3. The fraction of sp³-hybridized carbons (Fsp3) is 0.417. The van der Waals surface area contributed by atoms with Gasteiger partial charge in [0.05, 0.1) is 5.56 Å². The van der Waals surface area contributed by atoms with Crippen molar-refractivity contribution in [1.29, 1.82) is 0 Å². The van der Waals surface area contributed by atoms with Crippen molar-refractivity contribution in [2.45, 2.75) is 18.5 Å². The molecule has 2 nitrogen and oxygen atoms in total. The van der Waals surface area contributed by atoms with Gasteiger partial charge in [-0.05, 0) is 11.6 Å². The van der Waals surface area contributed by atoms with Crippen LogP contribution in [0.25, 0.3) is 0 Å². The van der Waals surface area contributed by atoms with Crippen molar-refractivity contribution < 1.29 is 18.0 Å². The third-order valence-corrected chi connectivity index (χ3v) is 3.03. The van der Waals surface area contributed by atoms with Crippen LogP contribution in [0.2, 0.25) is 0 Å². The standard InChI is InChI=1S/C12H12F3NO/c1-16-7-9(6-11(16)17)8-3-2-4-10(5-8)12(13,14)15/h2-5,9H,6-7H2,1H3/t9-/m1/s1. The quantitative estimate of drug-likeness (QED) is 0.742. The molecule has 0 aromatic heterocycles. The number of nitrogens with zero attached hydrogens (tertiary/aromatic N) is 1. The molecule has 1 heterocycles. The van der Waals surface area contributed by atoms with E-state index in [0.717, 1.165) is 12.1 Å². The minimum Gasteiger partial charge on any atom is -0.345 e. The first-order valence-corrected chi connectivity index (χ1v) is 5.29. The summed E-state index contributed by atoms with van der Waals surface area (Å²) >= 11 is 0. The molecule has 1 aliphatic rings. The van der Waals surface area contributed by atoms with E-state index in [4.69, 9.17) is 0 Å². The van der Waals surface area contributed by atoms with Gasteiger partial charge in [-0.25, -0.2) is 0 Å². The normalized spacial score (nSPS) is 21.1. The average molecular weight is 243 g/mol. The van der Waals surface area contributed by atoms with Gasteiger partial charge < -0.3 is 4.90 Å². The number of carbonyl (C=O) groups is 1. The predicted molar refractivity (Wildman–Crippen MR) is 56.4 cm³/mol. The number of alkyl halides is 3. The van der Waals surface area contributed by atoms with Crippen LogP contribution in [0.15, 0.2) is 24.3 Å². The van der Waals surface area contributed by atoms with Crippen molar-refractivity contribution in [3.63, 3.8) is 0 Å². The zero-order chi connectivity index (χ0) is 12.6. The molecule has 17 heavy (non-hydrogen) atoms. The van der Waals surface area contributed by atoms with Crippen molar-refractivity contribution in [2.75, 3.05) is 13.6 Å². The van der Waals surface area contributed by atoms with Crippen LogP contribution in [-0.4, -0.2) is 24.4 Å². The van der Waals surface area contributed by atoms with Crippen LogP contribution < -0.4 is 0 Å². The summed E-state index contributed by atoms with van der Waals surface area (Å²) in [6.07, 6.45) is -4.04. The molecule has 0 N–H and O–H groups in total. The van der Waals surface area contributed by atoms with Crippen LogP contribution in [0.1, 0.15) is 23.5 Å². The maximum absolute atomic E-state index is 12.5. The van der Waals surface area contributed by atoms with E-state index in [2.05, 4.69) is 0 Å². The van der Waals surface area contributed by atoms with E-state index in [1.165, 1.54) is 6.07 Å². The summed E-state index contributed by atoms with van der Waals surface area (Å²) in [6.45, 7) is 0.486. The second kappa shape index (κ2) is 4.05. The molecule has 1 amide bonds. The highest BCUT2D eigenvalue weighted by molar-refractivity contribution is 5.79. The number of amides is 1. The fourth-order valence-corrected chi connectivity index (χ4v) is 2.06. The second-order valence-corrected chi connectivity index (χ2v) is 4.30. The molecule has 1 aromatic carbocycles. The molecule has 0 bridgehead atoms. The maximum atomic E-state index is 12.5. The Morgan fingerprint density at radius 2 is 2.06 bits per heavy atom. The highest BCUT2D eigenvalue weighted by atomic mass is 19.4. The topological polar surface area (TPSA) is 20.3 Å². The predicted octanol–water partition coefficient (Wildman–Crippen LogP) is 2.65. The highest BCUT2D eigenvalue weighted by Crippen LogP contribution is 2.33. The van der Waals surface area contributed by atoms with Crippen molar-refractivity contribution in [2.24, 2.45) is 0 Å². The summed E-state index contributed by atoms with van der Waals surface area (Å²) in [5.74, 6) is -0.151. The molecule has 0 spiro atoms. The Labute approximate surface area is 97.0 Å². The second-order valence-electron chi connectivity index (χ2n) is 4.30. The van der Waals surface area contributed by atoms with E-state index in [1.807, 2.05) is 0 Å². The molecule has 0 aliphatic carbocycles.